The molecule has 0 amide bonds. The van der Waals surface area contributed by atoms with Crippen LogP contribution < -0.4 is 9.80 Å². The minimum absolute atomic E-state index is 0.133. The number of aliphatic carboxylic acids is 1. The van der Waals surface area contributed by atoms with Gasteiger partial charge < -0.3 is 14.9 Å². The number of hydrogen-bond donors (Lipinski definition) is 1. The molecular weight excluding hydrogens is 318 g/mol. The summed E-state index contributed by atoms with van der Waals surface area (Å²) in [6.07, 6.45) is 5.59. The Labute approximate surface area is 149 Å². The summed E-state index contributed by atoms with van der Waals surface area (Å²) < 4.78 is 0. The molecule has 2 aliphatic rings. The lowest BCUT2D eigenvalue weighted by molar-refractivity contribution is -0.142. The van der Waals surface area contributed by atoms with Crippen LogP contribution in [0.25, 0.3) is 0 Å². The van der Waals surface area contributed by atoms with Crippen LogP contribution in [0.4, 0.5) is 11.8 Å². The molecule has 3 heterocycles. The maximum Gasteiger partial charge on any atom is 0.320 e. The molecule has 2 fully saturated rings. The summed E-state index contributed by atoms with van der Waals surface area (Å²) >= 11 is 0. The third-order valence-electron chi connectivity index (χ3n) is 5.59. The number of hydrogen-bond acceptors (Lipinski definition) is 6. The van der Waals surface area contributed by atoms with Crippen LogP contribution in [-0.4, -0.2) is 72.3 Å². The fourth-order valence-electron chi connectivity index (χ4n) is 4.19. The van der Waals surface area contributed by atoms with Gasteiger partial charge in [-0.1, -0.05) is 6.92 Å². The highest BCUT2D eigenvalue weighted by molar-refractivity contribution is 5.74. The van der Waals surface area contributed by atoms with Gasteiger partial charge in [0.25, 0.3) is 0 Å². The van der Waals surface area contributed by atoms with Crippen LogP contribution in [-0.2, 0) is 4.79 Å². The molecule has 138 valence electrons. The molecule has 7 heteroatoms. The number of carboxylic acid groups (broad SMARTS) is 1. The number of carbonyl (C=O) groups is 1. The molecule has 25 heavy (non-hydrogen) atoms. The molecule has 0 radical (unpaired) electrons. The highest BCUT2D eigenvalue weighted by atomic mass is 16.4. The molecular formula is C18H29N5O2. The standard InChI is InChI=1S/C18H29N5O2/c1-4-9-23-13-18(12-14(23)16(24)25)6-10-22(11-7-18)17-19-8-5-15(20-17)21(2)3/h5,8,14H,4,6-7,9-13H2,1-3H3,(H,24,25). The van der Waals surface area contributed by atoms with Crippen molar-refractivity contribution >= 4 is 17.7 Å². The van der Waals surface area contributed by atoms with E-state index in [2.05, 4.69) is 26.7 Å². The molecule has 0 bridgehead atoms. The van der Waals surface area contributed by atoms with Gasteiger partial charge in [-0.05, 0) is 43.7 Å². The van der Waals surface area contributed by atoms with Crippen LogP contribution >= 0.6 is 0 Å². The van der Waals surface area contributed by atoms with Crippen molar-refractivity contribution in [3.8, 4) is 0 Å². The van der Waals surface area contributed by atoms with E-state index >= 15 is 0 Å². The summed E-state index contributed by atoms with van der Waals surface area (Å²) in [7, 11) is 3.95. The Morgan fingerprint density at radius 3 is 2.72 bits per heavy atom. The van der Waals surface area contributed by atoms with Gasteiger partial charge >= 0.3 is 5.97 Å². The number of carboxylic acids is 1. The van der Waals surface area contributed by atoms with Crippen LogP contribution in [0.5, 0.6) is 0 Å². The summed E-state index contributed by atoms with van der Waals surface area (Å²) in [6.45, 7) is 5.68. The molecule has 2 aliphatic heterocycles. The molecule has 7 nitrogen and oxygen atoms in total. The molecule has 1 unspecified atom stereocenters. The number of piperidine rings is 1. The van der Waals surface area contributed by atoms with Gasteiger partial charge in [0.05, 0.1) is 0 Å². The van der Waals surface area contributed by atoms with E-state index in [1.807, 2.05) is 25.1 Å². The Hall–Kier alpha value is -1.89. The first-order valence-electron chi connectivity index (χ1n) is 9.16. The van der Waals surface area contributed by atoms with Crippen LogP contribution in [0.2, 0.25) is 0 Å². The number of rotatable bonds is 5. The Morgan fingerprint density at radius 1 is 1.40 bits per heavy atom. The van der Waals surface area contributed by atoms with Crippen molar-refractivity contribution in [3.63, 3.8) is 0 Å². The van der Waals surface area contributed by atoms with Crippen LogP contribution in [0.3, 0.4) is 0 Å². The first-order valence-corrected chi connectivity index (χ1v) is 9.16. The number of aromatic nitrogens is 2. The molecule has 3 rings (SSSR count). The van der Waals surface area contributed by atoms with Crippen molar-refractivity contribution in [1.82, 2.24) is 14.9 Å². The molecule has 1 aromatic heterocycles. The van der Waals surface area contributed by atoms with Gasteiger partial charge in [0.2, 0.25) is 5.95 Å². The molecule has 2 saturated heterocycles. The van der Waals surface area contributed by atoms with Gasteiger partial charge in [-0.2, -0.15) is 4.98 Å². The van der Waals surface area contributed by atoms with E-state index in [-0.39, 0.29) is 11.5 Å². The second-order valence-corrected chi connectivity index (χ2v) is 7.62. The van der Waals surface area contributed by atoms with E-state index in [1.165, 1.54) is 0 Å². The number of nitrogens with zero attached hydrogens (tertiary/aromatic N) is 5. The quantitative estimate of drug-likeness (QED) is 0.869. The summed E-state index contributed by atoms with van der Waals surface area (Å²) in [5.74, 6) is 1.01. The Kier molecular flexibility index (Phi) is 5.13. The van der Waals surface area contributed by atoms with Gasteiger partial charge in [-0.15, -0.1) is 0 Å². The van der Waals surface area contributed by atoms with Crippen molar-refractivity contribution in [1.29, 1.82) is 0 Å². The SMILES string of the molecule is CCCN1CC2(CCN(c3nccc(N(C)C)n3)CC2)CC1C(=O)O. The highest BCUT2D eigenvalue weighted by Gasteiger charge is 2.47. The largest absolute Gasteiger partial charge is 0.480 e. The molecule has 1 N–H and O–H groups in total. The topological polar surface area (TPSA) is 72.8 Å². The molecule has 1 aromatic rings. The van der Waals surface area contributed by atoms with Crippen LogP contribution in [0.15, 0.2) is 12.3 Å². The highest BCUT2D eigenvalue weighted by Crippen LogP contribution is 2.43. The Balaban J connectivity index is 1.67. The minimum Gasteiger partial charge on any atom is -0.480 e. The first kappa shape index (κ1) is 17.9. The van der Waals surface area contributed by atoms with Crippen molar-refractivity contribution < 1.29 is 9.90 Å². The average Bonchev–Trinajstić information content (AvgIpc) is 2.94. The molecule has 0 aromatic carbocycles. The summed E-state index contributed by atoms with van der Waals surface area (Å²) in [5.41, 5.74) is 0.133. The van der Waals surface area contributed by atoms with E-state index in [0.29, 0.717) is 0 Å². The molecule has 0 aliphatic carbocycles. The van der Waals surface area contributed by atoms with Crippen LogP contribution in [0.1, 0.15) is 32.6 Å². The van der Waals surface area contributed by atoms with Crippen LogP contribution in [0, 0.1) is 5.41 Å². The Morgan fingerprint density at radius 2 is 2.12 bits per heavy atom. The third kappa shape index (κ3) is 3.71. The zero-order valence-corrected chi connectivity index (χ0v) is 15.5. The van der Waals surface area contributed by atoms with Crippen molar-refractivity contribution in [2.45, 2.75) is 38.6 Å². The molecule has 1 spiro atoms. The summed E-state index contributed by atoms with van der Waals surface area (Å²) in [5, 5.41) is 9.56. The van der Waals surface area contributed by atoms with E-state index in [9.17, 15) is 9.90 Å². The zero-order chi connectivity index (χ0) is 18.0. The van der Waals surface area contributed by atoms with E-state index in [1.54, 1.807) is 6.20 Å². The predicted molar refractivity (Wildman–Crippen MR) is 98.1 cm³/mol. The maximum absolute atomic E-state index is 11.6. The van der Waals surface area contributed by atoms with Crippen molar-refractivity contribution in [3.05, 3.63) is 12.3 Å². The van der Waals surface area contributed by atoms with Gasteiger partial charge in [-0.3, -0.25) is 9.69 Å². The number of likely N-dealkylation sites (tertiary alicyclic amines) is 1. The minimum atomic E-state index is -0.672. The second-order valence-electron chi connectivity index (χ2n) is 7.62. The second kappa shape index (κ2) is 7.15. The first-order chi connectivity index (χ1) is 11.9. The fourth-order valence-corrected chi connectivity index (χ4v) is 4.19. The molecule has 1 atom stereocenters. The lowest BCUT2D eigenvalue weighted by Gasteiger charge is -2.39. The van der Waals surface area contributed by atoms with Gasteiger partial charge in [0.1, 0.15) is 11.9 Å². The molecule has 0 saturated carbocycles. The zero-order valence-electron chi connectivity index (χ0n) is 15.5. The third-order valence-corrected chi connectivity index (χ3v) is 5.59. The Bertz CT molecular complexity index is 613. The number of anilines is 2. The monoisotopic (exact) mass is 347 g/mol. The summed E-state index contributed by atoms with van der Waals surface area (Å²) in [4.78, 5) is 27.1. The van der Waals surface area contributed by atoms with E-state index < -0.39 is 5.97 Å². The predicted octanol–water partition coefficient (Wildman–Crippen LogP) is 1.70. The van der Waals surface area contributed by atoms with Gasteiger partial charge in [0, 0.05) is 39.9 Å². The van der Waals surface area contributed by atoms with Gasteiger partial charge in [-0.25, -0.2) is 4.98 Å². The van der Waals surface area contributed by atoms with Crippen molar-refractivity contribution in [2.75, 3.05) is 50.1 Å². The van der Waals surface area contributed by atoms with E-state index in [0.717, 1.165) is 63.6 Å². The van der Waals surface area contributed by atoms with Gasteiger partial charge in [0.15, 0.2) is 0 Å². The average molecular weight is 347 g/mol. The fraction of sp³-hybridized carbons (Fsp3) is 0.722. The van der Waals surface area contributed by atoms with E-state index in [4.69, 9.17) is 0 Å². The normalized spacial score (nSPS) is 23.2. The maximum atomic E-state index is 11.6. The smallest absolute Gasteiger partial charge is 0.320 e. The lowest BCUT2D eigenvalue weighted by Crippen LogP contribution is -2.42. The van der Waals surface area contributed by atoms with Crippen molar-refractivity contribution in [2.24, 2.45) is 5.41 Å². The summed E-state index contributed by atoms with van der Waals surface area (Å²) in [6, 6.07) is 1.59. The lowest BCUT2D eigenvalue weighted by atomic mass is 9.76.